The third-order valence-electron chi connectivity index (χ3n) is 6.44. The van der Waals surface area contributed by atoms with Crippen molar-refractivity contribution >= 4 is 11.4 Å². The number of anilines is 1. The molecule has 0 spiro atoms. The first-order chi connectivity index (χ1) is 15.6. The topological polar surface area (TPSA) is 89.4 Å². The molecular formula is C25H25N5O2. The summed E-state index contributed by atoms with van der Waals surface area (Å²) in [7, 11) is 1.81. The van der Waals surface area contributed by atoms with E-state index in [-0.39, 0.29) is 5.92 Å². The van der Waals surface area contributed by atoms with E-state index in [4.69, 9.17) is 4.42 Å². The molecule has 0 aliphatic carbocycles. The standard InChI is InChI=1S/C25H25N5O2/c1-16-7-9-17(10-8-16)23-27-28-24(32-23)18-11-13-30(14-12-18)22-19-5-3-4-6-21(19)29(2)25(31)20(22)15-26/h3-10,18,25,31H,11-14H2,1-2H3. The molecule has 1 unspecified atom stereocenters. The zero-order chi connectivity index (χ0) is 22.2. The van der Waals surface area contributed by atoms with Crippen molar-refractivity contribution in [2.24, 2.45) is 0 Å². The summed E-state index contributed by atoms with van der Waals surface area (Å²) in [5.41, 5.74) is 5.24. The van der Waals surface area contributed by atoms with E-state index in [1.54, 1.807) is 4.90 Å². The lowest BCUT2D eigenvalue weighted by molar-refractivity contribution is 0.208. The second-order valence-electron chi connectivity index (χ2n) is 8.45. The smallest absolute Gasteiger partial charge is 0.247 e. The number of para-hydroxylation sites is 1. The Kier molecular flexibility index (Phi) is 5.16. The van der Waals surface area contributed by atoms with Gasteiger partial charge < -0.3 is 19.3 Å². The lowest BCUT2D eigenvalue weighted by atomic mass is 9.92. The zero-order valence-corrected chi connectivity index (χ0v) is 18.2. The minimum Gasteiger partial charge on any atom is -0.420 e. The third-order valence-corrected chi connectivity index (χ3v) is 6.44. The number of nitrogens with zero attached hydrogens (tertiary/aromatic N) is 5. The number of aliphatic hydroxyl groups excluding tert-OH is 1. The quantitative estimate of drug-likeness (QED) is 0.677. The summed E-state index contributed by atoms with van der Waals surface area (Å²) < 4.78 is 6.01. The van der Waals surface area contributed by atoms with Crippen LogP contribution in [0.25, 0.3) is 17.2 Å². The summed E-state index contributed by atoms with van der Waals surface area (Å²) >= 11 is 0. The minimum absolute atomic E-state index is 0.176. The van der Waals surface area contributed by atoms with Crippen molar-refractivity contribution in [3.05, 3.63) is 71.1 Å². The van der Waals surface area contributed by atoms with Gasteiger partial charge in [-0.15, -0.1) is 10.2 Å². The Morgan fingerprint density at radius 1 is 1.06 bits per heavy atom. The Balaban J connectivity index is 1.36. The van der Waals surface area contributed by atoms with Crippen LogP contribution in [-0.4, -0.2) is 46.6 Å². The van der Waals surface area contributed by atoms with Gasteiger partial charge in [-0.05, 0) is 38.0 Å². The van der Waals surface area contributed by atoms with E-state index in [0.29, 0.717) is 17.4 Å². The van der Waals surface area contributed by atoms with Crippen LogP contribution in [0.3, 0.4) is 0 Å². The number of hydrogen-bond donors (Lipinski definition) is 1. The van der Waals surface area contributed by atoms with Gasteiger partial charge in [0.1, 0.15) is 11.6 Å². The van der Waals surface area contributed by atoms with Crippen LogP contribution in [0.1, 0.15) is 35.8 Å². The lowest BCUT2D eigenvalue weighted by Gasteiger charge is -2.40. The summed E-state index contributed by atoms with van der Waals surface area (Å²) in [5.74, 6) is 1.39. The fourth-order valence-corrected chi connectivity index (χ4v) is 4.59. The van der Waals surface area contributed by atoms with Gasteiger partial charge in [0.2, 0.25) is 11.8 Å². The fraction of sp³-hybridized carbons (Fsp3) is 0.320. The number of piperidine rings is 1. The molecule has 1 fully saturated rings. The van der Waals surface area contributed by atoms with Gasteiger partial charge in [-0.3, -0.25) is 0 Å². The van der Waals surface area contributed by atoms with Crippen molar-refractivity contribution in [3.8, 4) is 17.5 Å². The SMILES string of the molecule is Cc1ccc(-c2nnc(C3CCN(C4=C(C#N)C(O)N(C)c5ccccc54)CC3)o2)cc1. The summed E-state index contributed by atoms with van der Waals surface area (Å²) in [4.78, 5) is 3.95. The van der Waals surface area contributed by atoms with Gasteiger partial charge in [0.15, 0.2) is 6.23 Å². The van der Waals surface area contributed by atoms with Crippen molar-refractivity contribution in [2.45, 2.75) is 31.9 Å². The molecule has 3 aromatic rings. The molecule has 1 N–H and O–H groups in total. The molecule has 2 aliphatic heterocycles. The van der Waals surface area contributed by atoms with Crippen LogP contribution in [0.4, 0.5) is 5.69 Å². The van der Waals surface area contributed by atoms with Crippen LogP contribution >= 0.6 is 0 Å². The molecule has 2 aliphatic rings. The highest BCUT2D eigenvalue weighted by molar-refractivity contribution is 5.84. The Morgan fingerprint density at radius 3 is 2.50 bits per heavy atom. The summed E-state index contributed by atoms with van der Waals surface area (Å²) in [6, 6.07) is 18.2. The number of hydrogen-bond acceptors (Lipinski definition) is 7. The molecule has 5 rings (SSSR count). The second kappa shape index (κ2) is 8.13. The molecule has 7 heteroatoms. The highest BCUT2D eigenvalue weighted by Crippen LogP contribution is 2.40. The molecular weight excluding hydrogens is 402 g/mol. The molecule has 0 bridgehead atoms. The van der Waals surface area contributed by atoms with E-state index in [1.165, 1.54) is 5.56 Å². The number of likely N-dealkylation sites (tertiary alicyclic amines) is 1. The predicted octanol–water partition coefficient (Wildman–Crippen LogP) is 3.93. The molecule has 1 saturated heterocycles. The van der Waals surface area contributed by atoms with Gasteiger partial charge in [0, 0.05) is 42.9 Å². The van der Waals surface area contributed by atoms with E-state index < -0.39 is 6.23 Å². The number of nitriles is 1. The first-order valence-electron chi connectivity index (χ1n) is 10.9. The normalized spacial score (nSPS) is 19.1. The third kappa shape index (κ3) is 3.43. The van der Waals surface area contributed by atoms with Gasteiger partial charge in [-0.2, -0.15) is 5.26 Å². The molecule has 162 valence electrons. The van der Waals surface area contributed by atoms with Crippen molar-refractivity contribution in [1.82, 2.24) is 15.1 Å². The first kappa shape index (κ1) is 20.3. The average molecular weight is 428 g/mol. The van der Waals surface area contributed by atoms with Crippen LogP contribution in [0, 0.1) is 18.3 Å². The molecule has 0 radical (unpaired) electrons. The Bertz CT molecular complexity index is 1200. The first-order valence-corrected chi connectivity index (χ1v) is 10.9. The van der Waals surface area contributed by atoms with Crippen molar-refractivity contribution in [2.75, 3.05) is 25.0 Å². The van der Waals surface area contributed by atoms with Crippen LogP contribution in [0.15, 0.2) is 58.5 Å². The zero-order valence-electron chi connectivity index (χ0n) is 18.2. The average Bonchev–Trinajstić information content (AvgIpc) is 3.32. The lowest BCUT2D eigenvalue weighted by Crippen LogP contribution is -2.41. The molecule has 32 heavy (non-hydrogen) atoms. The Hall–Kier alpha value is -3.63. The maximum atomic E-state index is 10.7. The second-order valence-corrected chi connectivity index (χ2v) is 8.45. The molecule has 2 aromatic carbocycles. The van der Waals surface area contributed by atoms with E-state index in [0.717, 1.165) is 48.4 Å². The van der Waals surface area contributed by atoms with E-state index in [9.17, 15) is 10.4 Å². The predicted molar refractivity (Wildman–Crippen MR) is 121 cm³/mol. The van der Waals surface area contributed by atoms with Crippen molar-refractivity contribution < 1.29 is 9.52 Å². The van der Waals surface area contributed by atoms with E-state index >= 15 is 0 Å². The monoisotopic (exact) mass is 427 g/mol. The van der Waals surface area contributed by atoms with E-state index in [2.05, 4.69) is 21.2 Å². The van der Waals surface area contributed by atoms with Gasteiger partial charge in [-0.1, -0.05) is 35.9 Å². The van der Waals surface area contributed by atoms with Gasteiger partial charge >= 0.3 is 0 Å². The maximum absolute atomic E-state index is 10.7. The number of aryl methyl sites for hydroxylation is 1. The number of likely N-dealkylation sites (N-methyl/N-ethyl adjacent to an activating group) is 1. The highest BCUT2D eigenvalue weighted by atomic mass is 16.4. The molecule has 1 aromatic heterocycles. The molecule has 3 heterocycles. The fourth-order valence-electron chi connectivity index (χ4n) is 4.59. The van der Waals surface area contributed by atoms with E-state index in [1.807, 2.05) is 62.5 Å². The van der Waals surface area contributed by atoms with Crippen LogP contribution in [0.2, 0.25) is 0 Å². The summed E-state index contributed by atoms with van der Waals surface area (Å²) in [5, 5.41) is 29.1. The molecule has 1 atom stereocenters. The number of aliphatic hydroxyl groups is 1. The van der Waals surface area contributed by atoms with Crippen LogP contribution < -0.4 is 4.90 Å². The maximum Gasteiger partial charge on any atom is 0.247 e. The highest BCUT2D eigenvalue weighted by Gasteiger charge is 2.35. The Labute approximate surface area is 187 Å². The van der Waals surface area contributed by atoms with Crippen molar-refractivity contribution in [1.29, 1.82) is 5.26 Å². The van der Waals surface area contributed by atoms with Crippen molar-refractivity contribution in [3.63, 3.8) is 0 Å². The Morgan fingerprint density at radius 2 is 1.78 bits per heavy atom. The molecule has 0 amide bonds. The molecule has 0 saturated carbocycles. The number of fused-ring (bicyclic) bond motifs is 1. The van der Waals surface area contributed by atoms with Crippen LogP contribution in [0.5, 0.6) is 0 Å². The largest absolute Gasteiger partial charge is 0.420 e. The number of benzene rings is 2. The van der Waals surface area contributed by atoms with Gasteiger partial charge in [0.25, 0.3) is 0 Å². The summed E-state index contributed by atoms with van der Waals surface area (Å²) in [6.07, 6.45) is 0.730. The van der Waals surface area contributed by atoms with Gasteiger partial charge in [0.05, 0.1) is 5.70 Å². The van der Waals surface area contributed by atoms with Gasteiger partial charge in [-0.25, -0.2) is 0 Å². The summed E-state index contributed by atoms with van der Waals surface area (Å²) in [6.45, 7) is 3.54. The number of rotatable bonds is 3. The minimum atomic E-state index is -0.948. The molecule has 7 nitrogen and oxygen atoms in total. The number of aromatic nitrogens is 2. The van der Waals surface area contributed by atoms with Crippen LogP contribution in [-0.2, 0) is 0 Å².